The Bertz CT molecular complexity index is 567. The smallest absolute Gasteiger partial charge is 0.0655 e. The largest absolute Gasteiger partial charge is 0.402 e. The Labute approximate surface area is 113 Å². The maximum atomic E-state index is 5.92. The van der Waals surface area contributed by atoms with Crippen molar-refractivity contribution in [1.29, 1.82) is 0 Å². The Morgan fingerprint density at radius 2 is 2.00 bits per heavy atom. The molecule has 0 amide bonds. The highest BCUT2D eigenvalue weighted by molar-refractivity contribution is 6.10. The fourth-order valence-corrected chi connectivity index (χ4v) is 1.76. The Kier molecular flexibility index (Phi) is 4.45. The molecule has 0 saturated carbocycles. The van der Waals surface area contributed by atoms with Crippen molar-refractivity contribution in [2.24, 2.45) is 10.7 Å². The van der Waals surface area contributed by atoms with Gasteiger partial charge in [0, 0.05) is 29.9 Å². The predicted molar refractivity (Wildman–Crippen MR) is 79.7 cm³/mol. The Morgan fingerprint density at radius 1 is 1.21 bits per heavy atom. The van der Waals surface area contributed by atoms with Crippen molar-refractivity contribution in [2.45, 2.75) is 13.5 Å². The van der Waals surface area contributed by atoms with Gasteiger partial charge in [0.05, 0.1) is 6.54 Å². The van der Waals surface area contributed by atoms with Crippen LogP contribution in [0, 0.1) is 0 Å². The monoisotopic (exact) mass is 251 g/mol. The molecule has 2 rings (SSSR count). The maximum absolute atomic E-state index is 5.92. The molecule has 0 saturated heterocycles. The molecule has 0 spiro atoms. The molecule has 2 aromatic rings. The van der Waals surface area contributed by atoms with Gasteiger partial charge < -0.3 is 5.73 Å². The van der Waals surface area contributed by atoms with E-state index in [1.807, 2.05) is 61.8 Å². The van der Waals surface area contributed by atoms with Crippen LogP contribution in [0.3, 0.4) is 0 Å². The predicted octanol–water partition coefficient (Wildman–Crippen LogP) is 3.04. The van der Waals surface area contributed by atoms with Crippen LogP contribution in [-0.2, 0) is 6.54 Å². The highest BCUT2D eigenvalue weighted by atomic mass is 14.7. The van der Waals surface area contributed by atoms with Crippen molar-refractivity contribution in [2.75, 3.05) is 0 Å². The molecule has 2 N–H and O–H groups in total. The number of hydrogen-bond donors (Lipinski definition) is 1. The first-order valence-corrected chi connectivity index (χ1v) is 6.18. The molecule has 0 radical (unpaired) electrons. The van der Waals surface area contributed by atoms with Crippen LogP contribution in [0.15, 0.2) is 65.5 Å². The highest BCUT2D eigenvalue weighted by Gasteiger charge is 2.00. The van der Waals surface area contributed by atoms with Crippen LogP contribution in [0.25, 0.3) is 5.57 Å². The van der Waals surface area contributed by atoms with Crippen molar-refractivity contribution in [3.8, 4) is 0 Å². The lowest BCUT2D eigenvalue weighted by Gasteiger charge is -2.04. The molecule has 0 aliphatic carbocycles. The zero-order chi connectivity index (χ0) is 13.5. The summed E-state index contributed by atoms with van der Waals surface area (Å²) in [6, 6.07) is 13.9. The van der Waals surface area contributed by atoms with Crippen molar-refractivity contribution in [1.82, 2.24) is 4.98 Å². The minimum Gasteiger partial charge on any atom is -0.402 e. The second kappa shape index (κ2) is 6.50. The molecule has 1 aromatic carbocycles. The first-order valence-electron chi connectivity index (χ1n) is 6.18. The number of allylic oxidation sites excluding steroid dienone is 2. The number of nitrogens with two attached hydrogens (primary N) is 1. The average Bonchev–Trinajstić information content (AvgIpc) is 2.45. The van der Waals surface area contributed by atoms with Gasteiger partial charge in [-0.2, -0.15) is 0 Å². The Morgan fingerprint density at radius 3 is 2.63 bits per heavy atom. The fourth-order valence-electron chi connectivity index (χ4n) is 1.76. The van der Waals surface area contributed by atoms with Gasteiger partial charge in [-0.3, -0.25) is 9.98 Å². The van der Waals surface area contributed by atoms with Crippen LogP contribution in [0.1, 0.15) is 18.1 Å². The minimum atomic E-state index is 0.609. The lowest BCUT2D eigenvalue weighted by molar-refractivity contribution is 1.05. The molecule has 96 valence electrons. The molecule has 0 fully saturated rings. The molecule has 0 aliphatic rings. The van der Waals surface area contributed by atoms with E-state index in [0.29, 0.717) is 6.54 Å². The summed E-state index contributed by atoms with van der Waals surface area (Å²) in [5, 5.41) is 0. The lowest BCUT2D eigenvalue weighted by Crippen LogP contribution is -1.99. The van der Waals surface area contributed by atoms with Gasteiger partial charge in [0.2, 0.25) is 0 Å². The summed E-state index contributed by atoms with van der Waals surface area (Å²) in [6.45, 7) is 2.50. The normalized spacial score (nSPS) is 12.5. The van der Waals surface area contributed by atoms with Gasteiger partial charge in [0.15, 0.2) is 0 Å². The highest BCUT2D eigenvalue weighted by Crippen LogP contribution is 2.14. The number of rotatable bonds is 4. The third kappa shape index (κ3) is 3.78. The second-order valence-electron chi connectivity index (χ2n) is 4.29. The summed E-state index contributed by atoms with van der Waals surface area (Å²) >= 11 is 0. The molecule has 1 aromatic heterocycles. The van der Waals surface area contributed by atoms with E-state index in [1.165, 1.54) is 0 Å². The number of benzene rings is 1. The van der Waals surface area contributed by atoms with E-state index in [1.54, 1.807) is 6.20 Å². The van der Waals surface area contributed by atoms with Crippen LogP contribution in [0.4, 0.5) is 0 Å². The fraction of sp³-hybridized carbons (Fsp3) is 0.125. The number of aromatic nitrogens is 1. The van der Waals surface area contributed by atoms with E-state index < -0.39 is 0 Å². The maximum Gasteiger partial charge on any atom is 0.0655 e. The SMILES string of the molecule is C/C(N)=C(/C=NCc1cccnc1)c1ccccc1. The zero-order valence-electron chi connectivity index (χ0n) is 11.0. The number of aliphatic imine (C=N–C) groups is 1. The summed E-state index contributed by atoms with van der Waals surface area (Å²) in [4.78, 5) is 8.50. The molecular formula is C16H17N3. The molecule has 3 heteroatoms. The quantitative estimate of drug-likeness (QED) is 0.849. The van der Waals surface area contributed by atoms with Crippen molar-refractivity contribution in [3.05, 3.63) is 71.7 Å². The summed E-state index contributed by atoms with van der Waals surface area (Å²) in [5.41, 5.74) is 9.82. The molecular weight excluding hydrogens is 234 g/mol. The van der Waals surface area contributed by atoms with Gasteiger partial charge in [-0.05, 0) is 24.1 Å². The summed E-state index contributed by atoms with van der Waals surface area (Å²) in [5.74, 6) is 0. The topological polar surface area (TPSA) is 51.3 Å². The molecule has 1 heterocycles. The van der Waals surface area contributed by atoms with Crippen molar-refractivity contribution in [3.63, 3.8) is 0 Å². The van der Waals surface area contributed by atoms with Crippen LogP contribution in [0.5, 0.6) is 0 Å². The molecule has 0 bridgehead atoms. The average molecular weight is 251 g/mol. The van der Waals surface area contributed by atoms with E-state index in [4.69, 9.17) is 5.73 Å². The van der Waals surface area contributed by atoms with E-state index in [2.05, 4.69) is 9.98 Å². The number of nitrogens with zero attached hydrogens (tertiary/aromatic N) is 2. The zero-order valence-corrected chi connectivity index (χ0v) is 11.0. The summed E-state index contributed by atoms with van der Waals surface area (Å²) in [6.07, 6.45) is 5.41. The van der Waals surface area contributed by atoms with Crippen LogP contribution in [0.2, 0.25) is 0 Å². The third-order valence-electron chi connectivity index (χ3n) is 2.73. The van der Waals surface area contributed by atoms with Crippen LogP contribution < -0.4 is 5.73 Å². The molecule has 0 unspecified atom stereocenters. The molecule has 3 nitrogen and oxygen atoms in total. The Balaban J connectivity index is 2.13. The first-order chi connectivity index (χ1) is 9.27. The molecule has 19 heavy (non-hydrogen) atoms. The molecule has 0 aliphatic heterocycles. The Hall–Kier alpha value is -2.42. The number of hydrogen-bond acceptors (Lipinski definition) is 3. The van der Waals surface area contributed by atoms with Gasteiger partial charge in [-0.1, -0.05) is 36.4 Å². The first kappa shape index (κ1) is 13.0. The standard InChI is InChI=1S/C16H17N3/c1-13(17)16(15-7-3-2-4-8-15)12-19-11-14-6-5-9-18-10-14/h2-10,12H,11,17H2,1H3/b16-13+,19-12?. The van der Waals surface area contributed by atoms with E-state index in [0.717, 1.165) is 22.4 Å². The van der Waals surface area contributed by atoms with E-state index in [9.17, 15) is 0 Å². The summed E-state index contributed by atoms with van der Waals surface area (Å²) in [7, 11) is 0. The van der Waals surface area contributed by atoms with Gasteiger partial charge in [-0.15, -0.1) is 0 Å². The van der Waals surface area contributed by atoms with Gasteiger partial charge >= 0.3 is 0 Å². The lowest BCUT2D eigenvalue weighted by atomic mass is 10.1. The van der Waals surface area contributed by atoms with Gasteiger partial charge in [0.25, 0.3) is 0 Å². The number of pyridine rings is 1. The van der Waals surface area contributed by atoms with Crippen LogP contribution >= 0.6 is 0 Å². The third-order valence-corrected chi connectivity index (χ3v) is 2.73. The van der Waals surface area contributed by atoms with E-state index in [-0.39, 0.29) is 0 Å². The second-order valence-corrected chi connectivity index (χ2v) is 4.29. The van der Waals surface area contributed by atoms with E-state index >= 15 is 0 Å². The van der Waals surface area contributed by atoms with Crippen LogP contribution in [-0.4, -0.2) is 11.2 Å². The van der Waals surface area contributed by atoms with Gasteiger partial charge in [0.1, 0.15) is 0 Å². The summed E-state index contributed by atoms with van der Waals surface area (Å²) < 4.78 is 0. The minimum absolute atomic E-state index is 0.609. The van der Waals surface area contributed by atoms with Gasteiger partial charge in [-0.25, -0.2) is 0 Å². The molecule has 0 atom stereocenters. The van der Waals surface area contributed by atoms with Crippen molar-refractivity contribution >= 4 is 11.8 Å². The van der Waals surface area contributed by atoms with Crippen molar-refractivity contribution < 1.29 is 0 Å².